The van der Waals surface area contributed by atoms with Gasteiger partial charge in [-0.1, -0.05) is 12.1 Å². The highest BCUT2D eigenvalue weighted by Crippen LogP contribution is 2.18. The second-order valence-electron chi connectivity index (χ2n) is 3.76. The van der Waals surface area contributed by atoms with Gasteiger partial charge in [-0.2, -0.15) is 0 Å². The van der Waals surface area contributed by atoms with Crippen molar-refractivity contribution >= 4 is 11.7 Å². The Kier molecular flexibility index (Phi) is 4.93. The van der Waals surface area contributed by atoms with Crippen LogP contribution < -0.4 is 5.73 Å². The number of aromatic carboxylic acids is 1. The van der Waals surface area contributed by atoms with E-state index in [2.05, 4.69) is 0 Å². The molecular weight excluding hydrogens is 222 g/mol. The molecule has 17 heavy (non-hydrogen) atoms. The highest BCUT2D eigenvalue weighted by molar-refractivity contribution is 5.95. The fourth-order valence-electron chi connectivity index (χ4n) is 1.52. The number of hydrogen-bond donors (Lipinski definition) is 2. The first kappa shape index (κ1) is 13.5. The number of carboxylic acid groups (broad SMARTS) is 1. The maximum absolute atomic E-state index is 11.1. The molecule has 0 heterocycles. The van der Waals surface area contributed by atoms with E-state index in [0.29, 0.717) is 12.2 Å². The number of carboxylic acids is 1. The predicted octanol–water partition coefficient (Wildman–Crippen LogP) is 1.52. The standard InChI is InChI=1S/C12H17NO4/c1-8(6-16-2)17-7-9-4-3-5-10(13)11(9)12(14)15/h3-5,8H,6-7,13H2,1-2H3,(H,14,15). The normalized spacial score (nSPS) is 12.4. The zero-order valence-corrected chi connectivity index (χ0v) is 9.97. The van der Waals surface area contributed by atoms with Gasteiger partial charge in [-0.3, -0.25) is 0 Å². The number of ether oxygens (including phenoxy) is 2. The van der Waals surface area contributed by atoms with Gasteiger partial charge in [0.15, 0.2) is 0 Å². The molecular formula is C12H17NO4. The Balaban J connectivity index is 2.77. The lowest BCUT2D eigenvalue weighted by molar-refractivity contribution is -0.000509. The Morgan fingerprint density at radius 1 is 1.53 bits per heavy atom. The number of benzene rings is 1. The monoisotopic (exact) mass is 239 g/mol. The summed E-state index contributed by atoms with van der Waals surface area (Å²) in [6.07, 6.45) is -0.0944. The van der Waals surface area contributed by atoms with Crippen LogP contribution in [-0.4, -0.2) is 30.9 Å². The van der Waals surface area contributed by atoms with E-state index in [0.717, 1.165) is 0 Å². The molecule has 0 aliphatic carbocycles. The molecule has 1 aromatic carbocycles. The van der Waals surface area contributed by atoms with Gasteiger partial charge >= 0.3 is 5.97 Å². The first-order valence-corrected chi connectivity index (χ1v) is 5.27. The largest absolute Gasteiger partial charge is 0.478 e. The first-order chi connectivity index (χ1) is 8.06. The molecule has 0 fully saturated rings. The Hall–Kier alpha value is -1.59. The van der Waals surface area contributed by atoms with E-state index >= 15 is 0 Å². The topological polar surface area (TPSA) is 81.8 Å². The molecule has 94 valence electrons. The molecule has 0 amide bonds. The van der Waals surface area contributed by atoms with Gasteiger partial charge in [0, 0.05) is 12.8 Å². The van der Waals surface area contributed by atoms with Crippen LogP contribution >= 0.6 is 0 Å². The third kappa shape index (κ3) is 3.72. The van der Waals surface area contributed by atoms with Crippen LogP contribution in [0.5, 0.6) is 0 Å². The zero-order valence-electron chi connectivity index (χ0n) is 9.97. The predicted molar refractivity (Wildman–Crippen MR) is 63.9 cm³/mol. The van der Waals surface area contributed by atoms with Crippen molar-refractivity contribution in [3.8, 4) is 0 Å². The van der Waals surface area contributed by atoms with E-state index in [-0.39, 0.29) is 24.0 Å². The molecule has 0 saturated heterocycles. The molecule has 0 aromatic heterocycles. The lowest BCUT2D eigenvalue weighted by Gasteiger charge is -2.14. The van der Waals surface area contributed by atoms with Crippen LogP contribution in [0.15, 0.2) is 18.2 Å². The van der Waals surface area contributed by atoms with Crippen LogP contribution in [0.2, 0.25) is 0 Å². The van der Waals surface area contributed by atoms with Crippen molar-refractivity contribution in [2.75, 3.05) is 19.5 Å². The molecule has 0 spiro atoms. The molecule has 0 radical (unpaired) electrons. The molecule has 1 aromatic rings. The summed E-state index contributed by atoms with van der Waals surface area (Å²) in [5.74, 6) is -1.04. The van der Waals surface area contributed by atoms with Crippen LogP contribution in [0.1, 0.15) is 22.8 Å². The Morgan fingerprint density at radius 2 is 2.24 bits per heavy atom. The Morgan fingerprint density at radius 3 is 2.82 bits per heavy atom. The first-order valence-electron chi connectivity index (χ1n) is 5.27. The van der Waals surface area contributed by atoms with Gasteiger partial charge in [-0.15, -0.1) is 0 Å². The lowest BCUT2D eigenvalue weighted by Crippen LogP contribution is -2.16. The number of carbonyl (C=O) groups is 1. The summed E-state index contributed by atoms with van der Waals surface area (Å²) in [6.45, 7) is 2.53. The van der Waals surface area contributed by atoms with E-state index in [4.69, 9.17) is 20.3 Å². The van der Waals surface area contributed by atoms with Gasteiger partial charge in [0.1, 0.15) is 0 Å². The highest BCUT2D eigenvalue weighted by atomic mass is 16.5. The summed E-state index contributed by atoms with van der Waals surface area (Å²) in [7, 11) is 1.59. The third-order valence-corrected chi connectivity index (χ3v) is 2.32. The van der Waals surface area contributed by atoms with Crippen molar-refractivity contribution < 1.29 is 19.4 Å². The minimum Gasteiger partial charge on any atom is -0.478 e. The minimum absolute atomic E-state index is 0.0944. The van der Waals surface area contributed by atoms with Gasteiger partial charge in [-0.25, -0.2) is 4.79 Å². The third-order valence-electron chi connectivity index (χ3n) is 2.32. The minimum atomic E-state index is -1.04. The second-order valence-corrected chi connectivity index (χ2v) is 3.76. The quantitative estimate of drug-likeness (QED) is 0.735. The van der Waals surface area contributed by atoms with Crippen LogP contribution in [0.4, 0.5) is 5.69 Å². The van der Waals surface area contributed by atoms with Gasteiger partial charge in [0.2, 0.25) is 0 Å². The van der Waals surface area contributed by atoms with Crippen LogP contribution in [0.25, 0.3) is 0 Å². The average molecular weight is 239 g/mol. The molecule has 1 atom stereocenters. The maximum Gasteiger partial charge on any atom is 0.338 e. The van der Waals surface area contributed by atoms with Crippen molar-refractivity contribution in [1.29, 1.82) is 0 Å². The Labute approximate surface area is 100 Å². The molecule has 3 N–H and O–H groups in total. The van der Waals surface area contributed by atoms with Crippen LogP contribution in [0, 0.1) is 0 Å². The maximum atomic E-state index is 11.1. The smallest absolute Gasteiger partial charge is 0.338 e. The van der Waals surface area contributed by atoms with E-state index in [1.165, 1.54) is 0 Å². The van der Waals surface area contributed by atoms with Crippen molar-refractivity contribution in [3.63, 3.8) is 0 Å². The summed E-state index contributed by atoms with van der Waals surface area (Å²) in [6, 6.07) is 4.96. The number of anilines is 1. The molecule has 0 aliphatic rings. The molecule has 1 rings (SSSR count). The molecule has 0 aliphatic heterocycles. The fraction of sp³-hybridized carbons (Fsp3) is 0.417. The second kappa shape index (κ2) is 6.22. The summed E-state index contributed by atoms with van der Waals surface area (Å²) < 4.78 is 10.4. The van der Waals surface area contributed by atoms with E-state index in [1.54, 1.807) is 25.3 Å². The van der Waals surface area contributed by atoms with E-state index in [1.807, 2.05) is 6.92 Å². The molecule has 1 unspecified atom stereocenters. The number of hydrogen-bond acceptors (Lipinski definition) is 4. The summed E-state index contributed by atoms with van der Waals surface area (Å²) in [4.78, 5) is 11.1. The molecule has 5 nitrogen and oxygen atoms in total. The van der Waals surface area contributed by atoms with Gasteiger partial charge in [0.05, 0.1) is 24.9 Å². The Bertz CT molecular complexity index is 392. The fourth-order valence-corrected chi connectivity index (χ4v) is 1.52. The number of rotatable bonds is 6. The van der Waals surface area contributed by atoms with Crippen molar-refractivity contribution in [3.05, 3.63) is 29.3 Å². The average Bonchev–Trinajstić information content (AvgIpc) is 2.26. The van der Waals surface area contributed by atoms with Gasteiger partial charge in [-0.05, 0) is 18.6 Å². The number of nitrogen functional groups attached to an aromatic ring is 1. The lowest BCUT2D eigenvalue weighted by atomic mass is 10.1. The summed E-state index contributed by atoms with van der Waals surface area (Å²) in [5, 5.41) is 9.05. The van der Waals surface area contributed by atoms with Gasteiger partial charge < -0.3 is 20.3 Å². The number of nitrogens with two attached hydrogens (primary N) is 1. The number of methoxy groups -OCH3 is 1. The highest BCUT2D eigenvalue weighted by Gasteiger charge is 2.14. The molecule has 0 bridgehead atoms. The molecule has 0 saturated carbocycles. The summed E-state index contributed by atoms with van der Waals surface area (Å²) >= 11 is 0. The summed E-state index contributed by atoms with van der Waals surface area (Å²) in [5.41, 5.74) is 6.55. The van der Waals surface area contributed by atoms with E-state index in [9.17, 15) is 4.79 Å². The van der Waals surface area contributed by atoms with Crippen molar-refractivity contribution in [2.45, 2.75) is 19.6 Å². The van der Waals surface area contributed by atoms with Gasteiger partial charge in [0.25, 0.3) is 0 Å². The SMILES string of the molecule is COCC(C)OCc1cccc(N)c1C(=O)O. The van der Waals surface area contributed by atoms with Crippen molar-refractivity contribution in [2.24, 2.45) is 0 Å². The van der Waals surface area contributed by atoms with Crippen LogP contribution in [-0.2, 0) is 16.1 Å². The molecule has 5 heteroatoms. The zero-order chi connectivity index (χ0) is 12.8. The van der Waals surface area contributed by atoms with E-state index < -0.39 is 5.97 Å². The van der Waals surface area contributed by atoms with Crippen molar-refractivity contribution in [1.82, 2.24) is 0 Å². The van der Waals surface area contributed by atoms with Crippen LogP contribution in [0.3, 0.4) is 0 Å².